The van der Waals surface area contributed by atoms with Crippen LogP contribution in [0.15, 0.2) is 35.2 Å². The Bertz CT molecular complexity index is 438. The highest BCUT2D eigenvalue weighted by Gasteiger charge is 1.98. The van der Waals surface area contributed by atoms with Crippen LogP contribution in [0.2, 0.25) is 0 Å². The van der Waals surface area contributed by atoms with Crippen molar-refractivity contribution in [2.24, 2.45) is 0 Å². The number of nitrogen functional groups attached to an aromatic ring is 1. The number of rotatable bonds is 2. The van der Waals surface area contributed by atoms with Crippen LogP contribution in [0.5, 0.6) is 0 Å². The molecule has 2 heterocycles. The predicted molar refractivity (Wildman–Crippen MR) is 57.7 cm³/mol. The molecule has 0 fully saturated rings. The molecule has 72 valence electrons. The molecule has 4 nitrogen and oxygen atoms in total. The predicted octanol–water partition coefficient (Wildman–Crippen LogP) is 1.67. The van der Waals surface area contributed by atoms with E-state index in [1.54, 1.807) is 23.1 Å². The third kappa shape index (κ3) is 2.11. The smallest absolute Gasteiger partial charge is 0.0832 e. The highest BCUT2D eigenvalue weighted by atomic mass is 79.9. The SMILES string of the molecule is Nc1ccnc(Cn2cc(Br)cn2)c1. The maximum Gasteiger partial charge on any atom is 0.0832 e. The van der Waals surface area contributed by atoms with Crippen molar-refractivity contribution < 1.29 is 0 Å². The number of anilines is 1. The Labute approximate surface area is 89.9 Å². The molecule has 0 aliphatic rings. The Morgan fingerprint density at radius 1 is 1.50 bits per heavy atom. The number of hydrogen-bond acceptors (Lipinski definition) is 3. The van der Waals surface area contributed by atoms with Gasteiger partial charge in [0.25, 0.3) is 0 Å². The summed E-state index contributed by atoms with van der Waals surface area (Å²) in [5, 5.41) is 4.13. The molecule has 0 spiro atoms. The summed E-state index contributed by atoms with van der Waals surface area (Å²) in [5.41, 5.74) is 7.27. The van der Waals surface area contributed by atoms with E-state index in [2.05, 4.69) is 26.0 Å². The van der Waals surface area contributed by atoms with Crippen LogP contribution in [0.25, 0.3) is 0 Å². The highest BCUT2D eigenvalue weighted by Crippen LogP contribution is 2.09. The van der Waals surface area contributed by atoms with Crippen molar-refractivity contribution in [1.29, 1.82) is 0 Å². The number of hydrogen-bond donors (Lipinski definition) is 1. The molecule has 0 radical (unpaired) electrons. The Balaban J connectivity index is 2.18. The lowest BCUT2D eigenvalue weighted by molar-refractivity contribution is 0.673. The third-order valence-electron chi connectivity index (χ3n) is 1.77. The monoisotopic (exact) mass is 252 g/mol. The maximum atomic E-state index is 5.64. The summed E-state index contributed by atoms with van der Waals surface area (Å²) in [5.74, 6) is 0. The average molecular weight is 253 g/mol. The molecule has 2 N–H and O–H groups in total. The van der Waals surface area contributed by atoms with Crippen molar-refractivity contribution in [2.75, 3.05) is 5.73 Å². The van der Waals surface area contributed by atoms with E-state index in [0.717, 1.165) is 15.9 Å². The van der Waals surface area contributed by atoms with Gasteiger partial charge in [-0.3, -0.25) is 9.67 Å². The van der Waals surface area contributed by atoms with E-state index in [9.17, 15) is 0 Å². The first-order chi connectivity index (χ1) is 6.74. The standard InChI is InChI=1S/C9H9BrN4/c10-7-4-13-14(5-7)6-9-3-8(11)1-2-12-9/h1-5H,6H2,(H2,11,12). The summed E-state index contributed by atoms with van der Waals surface area (Å²) in [7, 11) is 0. The van der Waals surface area contributed by atoms with E-state index >= 15 is 0 Å². The minimum absolute atomic E-state index is 0.636. The normalized spacial score (nSPS) is 10.4. The Hall–Kier alpha value is -1.36. The first-order valence-corrected chi connectivity index (χ1v) is 4.92. The number of pyridine rings is 1. The lowest BCUT2D eigenvalue weighted by atomic mass is 10.3. The van der Waals surface area contributed by atoms with E-state index < -0.39 is 0 Å². The van der Waals surface area contributed by atoms with Gasteiger partial charge < -0.3 is 5.73 Å². The van der Waals surface area contributed by atoms with Gasteiger partial charge in [0, 0.05) is 18.1 Å². The van der Waals surface area contributed by atoms with Crippen molar-refractivity contribution in [2.45, 2.75) is 6.54 Å². The number of nitrogens with two attached hydrogens (primary N) is 1. The van der Waals surface area contributed by atoms with E-state index in [1.807, 2.05) is 12.3 Å². The molecule has 0 saturated heterocycles. The van der Waals surface area contributed by atoms with Crippen molar-refractivity contribution in [1.82, 2.24) is 14.8 Å². The van der Waals surface area contributed by atoms with E-state index in [4.69, 9.17) is 5.73 Å². The van der Waals surface area contributed by atoms with E-state index in [0.29, 0.717) is 6.54 Å². The lowest BCUT2D eigenvalue weighted by Crippen LogP contribution is -2.02. The van der Waals surface area contributed by atoms with Crippen LogP contribution in [0.4, 0.5) is 5.69 Å². The fourth-order valence-electron chi connectivity index (χ4n) is 1.17. The second-order valence-electron chi connectivity index (χ2n) is 2.94. The molecular weight excluding hydrogens is 244 g/mol. The van der Waals surface area contributed by atoms with Gasteiger partial charge in [-0.25, -0.2) is 0 Å². The minimum Gasteiger partial charge on any atom is -0.399 e. The molecule has 5 heteroatoms. The minimum atomic E-state index is 0.636. The fourth-order valence-corrected chi connectivity index (χ4v) is 1.50. The number of aromatic nitrogens is 3. The first kappa shape index (κ1) is 9.21. The van der Waals surface area contributed by atoms with Gasteiger partial charge in [0.1, 0.15) is 0 Å². The summed E-state index contributed by atoms with van der Waals surface area (Å²) in [6.07, 6.45) is 5.33. The van der Waals surface area contributed by atoms with Crippen molar-refractivity contribution in [3.8, 4) is 0 Å². The van der Waals surface area contributed by atoms with Crippen LogP contribution in [0, 0.1) is 0 Å². The molecule has 2 aromatic rings. The van der Waals surface area contributed by atoms with Gasteiger partial charge in [-0.15, -0.1) is 0 Å². The van der Waals surface area contributed by atoms with Crippen LogP contribution in [-0.2, 0) is 6.54 Å². The van der Waals surface area contributed by atoms with Gasteiger partial charge in [-0.2, -0.15) is 5.10 Å². The zero-order valence-corrected chi connectivity index (χ0v) is 8.98. The Kier molecular flexibility index (Phi) is 2.49. The van der Waals surface area contributed by atoms with E-state index in [1.165, 1.54) is 0 Å². The molecule has 0 bridgehead atoms. The summed E-state index contributed by atoms with van der Waals surface area (Å²) in [4.78, 5) is 4.19. The second-order valence-corrected chi connectivity index (χ2v) is 3.85. The summed E-state index contributed by atoms with van der Waals surface area (Å²) >= 11 is 3.33. The van der Waals surface area contributed by atoms with Crippen molar-refractivity contribution >= 4 is 21.6 Å². The van der Waals surface area contributed by atoms with Crippen LogP contribution in [-0.4, -0.2) is 14.8 Å². The maximum absolute atomic E-state index is 5.64. The van der Waals surface area contributed by atoms with Gasteiger partial charge in [-0.05, 0) is 28.1 Å². The Morgan fingerprint density at radius 3 is 3.00 bits per heavy atom. The molecule has 0 aliphatic heterocycles. The summed E-state index contributed by atoms with van der Waals surface area (Å²) in [6.45, 7) is 0.636. The first-order valence-electron chi connectivity index (χ1n) is 4.12. The zero-order valence-electron chi connectivity index (χ0n) is 7.39. The molecule has 0 unspecified atom stereocenters. The lowest BCUT2D eigenvalue weighted by Gasteiger charge is -2.01. The molecule has 0 aromatic carbocycles. The average Bonchev–Trinajstić information content (AvgIpc) is 2.51. The van der Waals surface area contributed by atoms with Crippen LogP contribution in [0.3, 0.4) is 0 Å². The molecule has 2 rings (SSSR count). The topological polar surface area (TPSA) is 56.7 Å². The Morgan fingerprint density at radius 2 is 2.36 bits per heavy atom. The number of halogens is 1. The zero-order chi connectivity index (χ0) is 9.97. The quantitative estimate of drug-likeness (QED) is 0.885. The molecule has 14 heavy (non-hydrogen) atoms. The van der Waals surface area contributed by atoms with Gasteiger partial charge in [-0.1, -0.05) is 0 Å². The summed E-state index contributed by atoms with van der Waals surface area (Å²) in [6, 6.07) is 3.61. The van der Waals surface area contributed by atoms with Gasteiger partial charge in [0.05, 0.1) is 22.9 Å². The molecule has 0 atom stereocenters. The summed E-state index contributed by atoms with van der Waals surface area (Å²) < 4.78 is 2.76. The highest BCUT2D eigenvalue weighted by molar-refractivity contribution is 9.10. The number of nitrogens with zero attached hydrogens (tertiary/aromatic N) is 3. The van der Waals surface area contributed by atoms with Crippen molar-refractivity contribution in [3.63, 3.8) is 0 Å². The largest absolute Gasteiger partial charge is 0.399 e. The molecule has 0 saturated carbocycles. The van der Waals surface area contributed by atoms with Crippen LogP contribution < -0.4 is 5.73 Å². The van der Waals surface area contributed by atoms with Crippen molar-refractivity contribution in [3.05, 3.63) is 40.9 Å². The van der Waals surface area contributed by atoms with Crippen LogP contribution >= 0.6 is 15.9 Å². The van der Waals surface area contributed by atoms with Gasteiger partial charge >= 0.3 is 0 Å². The van der Waals surface area contributed by atoms with Crippen LogP contribution in [0.1, 0.15) is 5.69 Å². The molecule has 0 amide bonds. The molecule has 0 aliphatic carbocycles. The molecular formula is C9H9BrN4. The fraction of sp³-hybridized carbons (Fsp3) is 0.111. The van der Waals surface area contributed by atoms with Gasteiger partial charge in [0.15, 0.2) is 0 Å². The second kappa shape index (κ2) is 3.79. The molecule has 2 aromatic heterocycles. The third-order valence-corrected chi connectivity index (χ3v) is 2.18. The van der Waals surface area contributed by atoms with Gasteiger partial charge in [0.2, 0.25) is 0 Å². The van der Waals surface area contributed by atoms with E-state index in [-0.39, 0.29) is 0 Å².